The molecular formula is C49H26N8. The maximum atomic E-state index is 9.92. The first-order valence-corrected chi connectivity index (χ1v) is 18.0. The molecule has 7 aromatic carbocycles. The molecule has 0 saturated heterocycles. The summed E-state index contributed by atoms with van der Waals surface area (Å²) < 4.78 is 2.16. The molecule has 0 unspecified atom stereocenters. The van der Waals surface area contributed by atoms with E-state index in [1.54, 1.807) is 36.4 Å². The molecule has 0 atom stereocenters. The molecule has 9 aromatic rings. The maximum Gasteiger partial charge on any atom is 0.164 e. The van der Waals surface area contributed by atoms with Gasteiger partial charge in [0.15, 0.2) is 17.5 Å². The number of fused-ring (bicyclic) bond motifs is 3. The molecule has 0 N–H and O–H groups in total. The lowest BCUT2D eigenvalue weighted by molar-refractivity contribution is 1.07. The Balaban J connectivity index is 1.43. The van der Waals surface area contributed by atoms with Gasteiger partial charge in [0.05, 0.1) is 63.3 Å². The number of hydrogen-bond acceptors (Lipinski definition) is 7. The number of benzene rings is 7. The van der Waals surface area contributed by atoms with Crippen LogP contribution in [0.3, 0.4) is 0 Å². The Morgan fingerprint density at radius 1 is 0.351 bits per heavy atom. The first kappa shape index (κ1) is 34.1. The molecular weight excluding hydrogens is 701 g/mol. The average molecular weight is 727 g/mol. The smallest absolute Gasteiger partial charge is 0.164 e. The van der Waals surface area contributed by atoms with Gasteiger partial charge in [-0.3, -0.25) is 0 Å². The van der Waals surface area contributed by atoms with Gasteiger partial charge < -0.3 is 4.57 Å². The van der Waals surface area contributed by atoms with Gasteiger partial charge in [-0.15, -0.1) is 0 Å². The molecule has 0 aliphatic rings. The van der Waals surface area contributed by atoms with Crippen LogP contribution in [-0.4, -0.2) is 19.5 Å². The minimum absolute atomic E-state index is 0.457. The predicted molar refractivity (Wildman–Crippen MR) is 220 cm³/mol. The number of aromatic nitrogens is 4. The fourth-order valence-electron chi connectivity index (χ4n) is 7.23. The van der Waals surface area contributed by atoms with E-state index in [2.05, 4.69) is 41.0 Å². The van der Waals surface area contributed by atoms with Crippen molar-refractivity contribution in [1.29, 1.82) is 21.0 Å². The van der Waals surface area contributed by atoms with Gasteiger partial charge in [-0.2, -0.15) is 21.0 Å². The molecule has 0 aliphatic heterocycles. The quantitative estimate of drug-likeness (QED) is 0.166. The fourth-order valence-corrected chi connectivity index (χ4v) is 7.23. The molecule has 0 saturated carbocycles. The number of nitriles is 4. The van der Waals surface area contributed by atoms with Crippen LogP contribution in [0.1, 0.15) is 22.3 Å². The highest BCUT2D eigenvalue weighted by Gasteiger charge is 2.24. The van der Waals surface area contributed by atoms with Gasteiger partial charge in [0.2, 0.25) is 0 Å². The van der Waals surface area contributed by atoms with E-state index in [0.29, 0.717) is 45.3 Å². The summed E-state index contributed by atoms with van der Waals surface area (Å²) in [6.07, 6.45) is 0. The second-order valence-corrected chi connectivity index (χ2v) is 13.4. The van der Waals surface area contributed by atoms with Crippen molar-refractivity contribution < 1.29 is 0 Å². The second kappa shape index (κ2) is 14.3. The molecule has 0 aliphatic carbocycles. The van der Waals surface area contributed by atoms with E-state index in [-0.39, 0.29) is 0 Å². The second-order valence-electron chi connectivity index (χ2n) is 13.4. The van der Waals surface area contributed by atoms with Gasteiger partial charge in [-0.05, 0) is 83.9 Å². The molecule has 2 heterocycles. The van der Waals surface area contributed by atoms with Crippen LogP contribution in [0.2, 0.25) is 0 Å². The van der Waals surface area contributed by atoms with E-state index in [1.807, 2.05) is 109 Å². The van der Waals surface area contributed by atoms with Gasteiger partial charge in [-0.1, -0.05) is 84.9 Å². The lowest BCUT2D eigenvalue weighted by Gasteiger charge is -2.21. The Morgan fingerprint density at radius 3 is 1.11 bits per heavy atom. The van der Waals surface area contributed by atoms with Crippen molar-refractivity contribution in [3.63, 3.8) is 0 Å². The Morgan fingerprint density at radius 2 is 0.719 bits per heavy atom. The van der Waals surface area contributed by atoms with E-state index in [1.165, 1.54) is 0 Å². The van der Waals surface area contributed by atoms with Gasteiger partial charge in [0.25, 0.3) is 0 Å². The summed E-state index contributed by atoms with van der Waals surface area (Å²) in [7, 11) is 0. The molecule has 0 amide bonds. The summed E-state index contributed by atoms with van der Waals surface area (Å²) in [5.74, 6) is 1.50. The maximum absolute atomic E-state index is 9.92. The first-order valence-electron chi connectivity index (χ1n) is 18.0. The lowest BCUT2D eigenvalue weighted by Crippen LogP contribution is -2.04. The van der Waals surface area contributed by atoms with Crippen LogP contribution in [0.5, 0.6) is 0 Å². The van der Waals surface area contributed by atoms with E-state index in [4.69, 9.17) is 15.0 Å². The van der Waals surface area contributed by atoms with E-state index in [0.717, 1.165) is 60.9 Å². The molecule has 8 nitrogen and oxygen atoms in total. The SMILES string of the molecule is N#Cc1ccc(-c2cc(-c3nc(-c4ccccc4)nc(-c4ccccc4)n3)cc(-c3ccc(C#N)cc3)c2-n2c3ccc(C#N)cc3c3cc(C#N)ccc32)cc1. The summed E-state index contributed by atoms with van der Waals surface area (Å²) in [6.45, 7) is 0. The summed E-state index contributed by atoms with van der Waals surface area (Å²) in [5.41, 5.74) is 10.2. The average Bonchev–Trinajstić information content (AvgIpc) is 3.61. The van der Waals surface area contributed by atoms with E-state index < -0.39 is 0 Å². The largest absolute Gasteiger partial charge is 0.308 e. The molecule has 0 spiro atoms. The zero-order valence-corrected chi connectivity index (χ0v) is 30.1. The highest BCUT2D eigenvalue weighted by atomic mass is 15.0. The molecule has 0 fully saturated rings. The zero-order chi connectivity index (χ0) is 38.9. The summed E-state index contributed by atoms with van der Waals surface area (Å²) in [6, 6.07) is 58.8. The predicted octanol–water partition coefficient (Wildman–Crippen LogP) is 10.8. The van der Waals surface area contributed by atoms with E-state index >= 15 is 0 Å². The lowest BCUT2D eigenvalue weighted by atomic mass is 9.91. The molecule has 8 heteroatoms. The van der Waals surface area contributed by atoms with Gasteiger partial charge in [0.1, 0.15) is 0 Å². The Kier molecular flexibility index (Phi) is 8.54. The molecule has 57 heavy (non-hydrogen) atoms. The number of nitrogens with zero attached hydrogens (tertiary/aromatic N) is 8. The molecule has 262 valence electrons. The Labute approximate surface area is 327 Å². The normalized spacial score (nSPS) is 10.7. The summed E-state index contributed by atoms with van der Waals surface area (Å²) in [5, 5.41) is 41.0. The summed E-state index contributed by atoms with van der Waals surface area (Å²) in [4.78, 5) is 15.1. The number of rotatable bonds is 6. The third-order valence-corrected chi connectivity index (χ3v) is 9.96. The van der Waals surface area contributed by atoms with Gasteiger partial charge >= 0.3 is 0 Å². The number of hydrogen-bond donors (Lipinski definition) is 0. The Hall–Kier alpha value is -8.69. The molecule has 0 radical (unpaired) electrons. The molecule has 0 bridgehead atoms. The monoisotopic (exact) mass is 726 g/mol. The topological polar surface area (TPSA) is 139 Å². The van der Waals surface area contributed by atoms with Crippen molar-refractivity contribution in [2.75, 3.05) is 0 Å². The van der Waals surface area contributed by atoms with Crippen molar-refractivity contribution in [3.05, 3.63) is 180 Å². The van der Waals surface area contributed by atoms with Crippen LogP contribution in [-0.2, 0) is 0 Å². The van der Waals surface area contributed by atoms with Crippen LogP contribution >= 0.6 is 0 Å². The van der Waals surface area contributed by atoms with Crippen LogP contribution in [0, 0.1) is 45.3 Å². The third-order valence-electron chi connectivity index (χ3n) is 9.96. The Bertz CT molecular complexity index is 2990. The third kappa shape index (κ3) is 6.19. The van der Waals surface area contributed by atoms with Crippen LogP contribution in [0.15, 0.2) is 158 Å². The minimum atomic E-state index is 0.457. The van der Waals surface area contributed by atoms with Crippen molar-refractivity contribution in [3.8, 4) is 86.4 Å². The van der Waals surface area contributed by atoms with Crippen molar-refractivity contribution >= 4 is 21.8 Å². The zero-order valence-electron chi connectivity index (χ0n) is 30.1. The van der Waals surface area contributed by atoms with Crippen LogP contribution in [0.25, 0.3) is 83.9 Å². The first-order chi connectivity index (χ1) is 28.0. The standard InChI is InChI=1S/C49H26N8/c50-27-31-11-17-35(18-12-31)40-25-39(49-55-47(37-7-3-1-4-8-37)54-48(56-49)38-9-5-2-6-10-38)26-41(36-19-13-32(28-51)14-20-36)46(40)57-44-21-15-33(29-52)23-42(44)43-24-34(30-53)16-22-45(43)57/h1-26H. The minimum Gasteiger partial charge on any atom is -0.308 e. The van der Waals surface area contributed by atoms with Crippen molar-refractivity contribution in [2.24, 2.45) is 0 Å². The van der Waals surface area contributed by atoms with Crippen molar-refractivity contribution in [1.82, 2.24) is 19.5 Å². The molecule has 9 rings (SSSR count). The van der Waals surface area contributed by atoms with Crippen molar-refractivity contribution in [2.45, 2.75) is 0 Å². The van der Waals surface area contributed by atoms with Gasteiger partial charge in [0, 0.05) is 38.6 Å². The fraction of sp³-hybridized carbons (Fsp3) is 0. The highest BCUT2D eigenvalue weighted by Crippen LogP contribution is 2.44. The molecule has 2 aromatic heterocycles. The van der Waals surface area contributed by atoms with Crippen LogP contribution < -0.4 is 0 Å². The summed E-state index contributed by atoms with van der Waals surface area (Å²) >= 11 is 0. The van der Waals surface area contributed by atoms with E-state index in [9.17, 15) is 21.0 Å². The van der Waals surface area contributed by atoms with Crippen LogP contribution in [0.4, 0.5) is 0 Å². The van der Waals surface area contributed by atoms with Gasteiger partial charge in [-0.25, -0.2) is 15.0 Å². The highest BCUT2D eigenvalue weighted by molar-refractivity contribution is 6.11.